The van der Waals surface area contributed by atoms with Crippen LogP contribution in [0.25, 0.3) is 0 Å². The molecule has 0 atom stereocenters. The van der Waals surface area contributed by atoms with Crippen molar-refractivity contribution in [1.29, 1.82) is 0 Å². The molecule has 1 heterocycles. The van der Waals surface area contributed by atoms with Crippen LogP contribution >= 0.6 is 11.3 Å². The van der Waals surface area contributed by atoms with E-state index in [0.717, 1.165) is 5.01 Å². The van der Waals surface area contributed by atoms with E-state index in [1.165, 1.54) is 11.3 Å². The van der Waals surface area contributed by atoms with E-state index in [-0.39, 0.29) is 12.8 Å². The Hall–Kier alpha value is -1.96. The summed E-state index contributed by atoms with van der Waals surface area (Å²) in [7, 11) is 0. The molecular formula is C10H13N3O4S. The number of amides is 3. The lowest BCUT2D eigenvalue weighted by atomic mass is 10.3. The molecular weight excluding hydrogens is 258 g/mol. The molecule has 0 fully saturated rings. The van der Waals surface area contributed by atoms with Crippen LogP contribution in [-0.4, -0.2) is 34.5 Å². The fraction of sp³-hybridized carbons (Fsp3) is 0.400. The van der Waals surface area contributed by atoms with E-state index in [4.69, 9.17) is 5.11 Å². The molecule has 1 rings (SSSR count). The van der Waals surface area contributed by atoms with Gasteiger partial charge >= 0.3 is 12.0 Å². The smallest absolute Gasteiger partial charge is 0.321 e. The molecule has 8 heteroatoms. The number of urea groups is 1. The number of carboxylic acid groups (broad SMARTS) is 1. The number of hydrogen-bond acceptors (Lipinski definition) is 5. The molecule has 0 saturated heterocycles. The zero-order valence-electron chi connectivity index (χ0n) is 9.51. The molecule has 0 bridgehead atoms. The molecule has 0 radical (unpaired) electrons. The summed E-state index contributed by atoms with van der Waals surface area (Å²) in [5.41, 5.74) is 0. The number of aromatic nitrogens is 1. The molecule has 0 unspecified atom stereocenters. The van der Waals surface area contributed by atoms with Crippen LogP contribution in [0.4, 0.5) is 4.79 Å². The molecule has 0 aliphatic heterocycles. The second kappa shape index (κ2) is 7.38. The van der Waals surface area contributed by atoms with Gasteiger partial charge in [0.25, 0.3) is 0 Å². The second-order valence-electron chi connectivity index (χ2n) is 3.37. The van der Waals surface area contributed by atoms with Crippen molar-refractivity contribution in [3.8, 4) is 0 Å². The first-order chi connectivity index (χ1) is 8.58. The van der Waals surface area contributed by atoms with Crippen LogP contribution in [0.2, 0.25) is 0 Å². The van der Waals surface area contributed by atoms with Crippen molar-refractivity contribution in [2.75, 3.05) is 6.54 Å². The Labute approximate surface area is 107 Å². The highest BCUT2D eigenvalue weighted by atomic mass is 32.1. The molecule has 0 aliphatic rings. The van der Waals surface area contributed by atoms with Crippen LogP contribution in [0, 0.1) is 0 Å². The Balaban J connectivity index is 2.13. The number of rotatable bonds is 6. The van der Waals surface area contributed by atoms with E-state index in [0.29, 0.717) is 13.0 Å². The molecule has 0 spiro atoms. The van der Waals surface area contributed by atoms with Gasteiger partial charge in [-0.15, -0.1) is 11.3 Å². The van der Waals surface area contributed by atoms with Gasteiger partial charge in [-0.25, -0.2) is 9.78 Å². The van der Waals surface area contributed by atoms with E-state index in [9.17, 15) is 14.4 Å². The van der Waals surface area contributed by atoms with Crippen molar-refractivity contribution < 1.29 is 19.5 Å². The van der Waals surface area contributed by atoms with Crippen LogP contribution in [0.5, 0.6) is 0 Å². The molecule has 3 N–H and O–H groups in total. The van der Waals surface area contributed by atoms with Crippen molar-refractivity contribution >= 4 is 29.2 Å². The fourth-order valence-corrected chi connectivity index (χ4v) is 1.73. The summed E-state index contributed by atoms with van der Waals surface area (Å²) in [6, 6.07) is -0.623. The van der Waals surface area contributed by atoms with E-state index in [1.807, 2.05) is 10.7 Å². The summed E-state index contributed by atoms with van der Waals surface area (Å²) < 4.78 is 0. The average Bonchev–Trinajstić information content (AvgIpc) is 2.79. The molecule has 0 aromatic carbocycles. The number of thiazole rings is 1. The zero-order valence-corrected chi connectivity index (χ0v) is 10.3. The SMILES string of the molecule is O=C(O)CCC(=O)NC(=O)NCCc1nccs1. The van der Waals surface area contributed by atoms with Crippen LogP contribution < -0.4 is 10.6 Å². The van der Waals surface area contributed by atoms with Crippen molar-refractivity contribution in [3.05, 3.63) is 16.6 Å². The highest BCUT2D eigenvalue weighted by molar-refractivity contribution is 7.09. The number of carbonyl (C=O) groups excluding carboxylic acids is 2. The minimum Gasteiger partial charge on any atom is -0.481 e. The van der Waals surface area contributed by atoms with Crippen LogP contribution in [0.15, 0.2) is 11.6 Å². The normalized spacial score (nSPS) is 9.78. The lowest BCUT2D eigenvalue weighted by molar-refractivity contribution is -0.138. The Kier molecular flexibility index (Phi) is 5.78. The molecule has 0 aliphatic carbocycles. The lowest BCUT2D eigenvalue weighted by Crippen LogP contribution is -2.40. The van der Waals surface area contributed by atoms with Crippen LogP contribution in [0.3, 0.4) is 0 Å². The van der Waals surface area contributed by atoms with E-state index < -0.39 is 17.9 Å². The summed E-state index contributed by atoms with van der Waals surface area (Å²) in [6.45, 7) is 0.367. The fourth-order valence-electron chi connectivity index (χ4n) is 1.11. The number of carboxylic acids is 1. The van der Waals surface area contributed by atoms with E-state index >= 15 is 0 Å². The van der Waals surface area contributed by atoms with Crippen molar-refractivity contribution in [2.24, 2.45) is 0 Å². The number of nitrogens with one attached hydrogen (secondary N) is 2. The number of imide groups is 1. The number of nitrogens with zero attached hydrogens (tertiary/aromatic N) is 1. The van der Waals surface area contributed by atoms with Gasteiger partial charge in [0.2, 0.25) is 5.91 Å². The van der Waals surface area contributed by atoms with Gasteiger partial charge in [-0.2, -0.15) is 0 Å². The van der Waals surface area contributed by atoms with Gasteiger partial charge in [0.15, 0.2) is 0 Å². The molecule has 1 aromatic heterocycles. The molecule has 1 aromatic rings. The van der Waals surface area contributed by atoms with Crippen LogP contribution in [-0.2, 0) is 16.0 Å². The Morgan fingerprint density at radius 2 is 2.11 bits per heavy atom. The first kappa shape index (κ1) is 14.1. The summed E-state index contributed by atoms with van der Waals surface area (Å²) in [6.07, 6.45) is 1.76. The lowest BCUT2D eigenvalue weighted by Gasteiger charge is -2.04. The largest absolute Gasteiger partial charge is 0.481 e. The van der Waals surface area contributed by atoms with Gasteiger partial charge in [0, 0.05) is 31.0 Å². The Bertz CT molecular complexity index is 419. The predicted molar refractivity (Wildman–Crippen MR) is 64.2 cm³/mol. The van der Waals surface area contributed by atoms with Gasteiger partial charge in [-0.1, -0.05) is 0 Å². The standard InChI is InChI=1S/C10H13N3O4S/c14-7(1-2-9(15)16)13-10(17)12-4-3-8-11-5-6-18-8/h5-6H,1-4H2,(H,15,16)(H2,12,13,14,17). The van der Waals surface area contributed by atoms with Gasteiger partial charge in [0.05, 0.1) is 11.4 Å². The first-order valence-corrected chi connectivity index (χ1v) is 6.13. The summed E-state index contributed by atoms with van der Waals surface area (Å²) in [5.74, 6) is -1.68. The minimum atomic E-state index is -1.07. The highest BCUT2D eigenvalue weighted by Crippen LogP contribution is 2.03. The number of hydrogen-bond donors (Lipinski definition) is 3. The minimum absolute atomic E-state index is 0.213. The monoisotopic (exact) mass is 271 g/mol. The van der Waals surface area contributed by atoms with Crippen molar-refractivity contribution in [1.82, 2.24) is 15.6 Å². The first-order valence-electron chi connectivity index (χ1n) is 5.26. The van der Waals surface area contributed by atoms with Gasteiger partial charge in [0.1, 0.15) is 0 Å². The van der Waals surface area contributed by atoms with Crippen molar-refractivity contribution in [3.63, 3.8) is 0 Å². The van der Waals surface area contributed by atoms with Gasteiger partial charge in [-0.05, 0) is 0 Å². The maximum absolute atomic E-state index is 11.2. The summed E-state index contributed by atoms with van der Waals surface area (Å²) >= 11 is 1.48. The molecule has 98 valence electrons. The van der Waals surface area contributed by atoms with Gasteiger partial charge in [-0.3, -0.25) is 14.9 Å². The predicted octanol–water partition coefficient (Wildman–Crippen LogP) is 0.376. The average molecular weight is 271 g/mol. The zero-order chi connectivity index (χ0) is 13.4. The summed E-state index contributed by atoms with van der Waals surface area (Å²) in [4.78, 5) is 36.6. The Morgan fingerprint density at radius 1 is 1.33 bits per heavy atom. The van der Waals surface area contributed by atoms with Crippen LogP contribution in [0.1, 0.15) is 17.8 Å². The number of carbonyl (C=O) groups is 3. The van der Waals surface area contributed by atoms with E-state index in [2.05, 4.69) is 10.3 Å². The molecule has 0 saturated carbocycles. The maximum Gasteiger partial charge on any atom is 0.321 e. The quantitative estimate of drug-likeness (QED) is 0.693. The third-order valence-electron chi connectivity index (χ3n) is 1.93. The number of aliphatic carboxylic acids is 1. The third-order valence-corrected chi connectivity index (χ3v) is 2.77. The van der Waals surface area contributed by atoms with Gasteiger partial charge < -0.3 is 10.4 Å². The second-order valence-corrected chi connectivity index (χ2v) is 4.35. The highest BCUT2D eigenvalue weighted by Gasteiger charge is 2.09. The maximum atomic E-state index is 11.2. The Morgan fingerprint density at radius 3 is 2.72 bits per heavy atom. The third kappa shape index (κ3) is 5.94. The summed E-state index contributed by atoms with van der Waals surface area (Å²) in [5, 5.41) is 15.6. The molecule has 18 heavy (non-hydrogen) atoms. The molecule has 3 amide bonds. The molecule has 7 nitrogen and oxygen atoms in total. The van der Waals surface area contributed by atoms with Crippen molar-refractivity contribution in [2.45, 2.75) is 19.3 Å². The van der Waals surface area contributed by atoms with E-state index in [1.54, 1.807) is 6.20 Å². The topological polar surface area (TPSA) is 108 Å².